The molecule has 34 heavy (non-hydrogen) atoms. The summed E-state index contributed by atoms with van der Waals surface area (Å²) in [6.07, 6.45) is 3.67. The molecular formula is C26H28N4O4. The van der Waals surface area contributed by atoms with Crippen LogP contribution in [0.2, 0.25) is 0 Å². The van der Waals surface area contributed by atoms with Gasteiger partial charge >= 0.3 is 6.03 Å². The number of nitrogens with zero attached hydrogens (tertiary/aromatic N) is 4. The number of carbonyl (C=O) groups is 2. The maximum Gasteiger partial charge on any atom is 0.327 e. The number of urea groups is 1. The van der Waals surface area contributed by atoms with Crippen LogP contribution in [-0.2, 0) is 17.9 Å². The minimum Gasteiger partial charge on any atom is -0.489 e. The van der Waals surface area contributed by atoms with Gasteiger partial charge in [0, 0.05) is 18.2 Å². The molecule has 0 bridgehead atoms. The van der Waals surface area contributed by atoms with E-state index in [1.807, 2.05) is 61.5 Å². The normalized spacial score (nSPS) is 20.4. The predicted octanol–water partition coefficient (Wildman–Crippen LogP) is 4.66. The van der Waals surface area contributed by atoms with Gasteiger partial charge in [-0.15, -0.1) is 0 Å². The Morgan fingerprint density at radius 2 is 1.79 bits per heavy atom. The van der Waals surface area contributed by atoms with E-state index in [0.29, 0.717) is 24.9 Å². The van der Waals surface area contributed by atoms with Crippen molar-refractivity contribution in [3.05, 3.63) is 66.1 Å². The van der Waals surface area contributed by atoms with Gasteiger partial charge in [0.2, 0.25) is 17.6 Å². The van der Waals surface area contributed by atoms with Gasteiger partial charge in [-0.25, -0.2) is 4.79 Å². The van der Waals surface area contributed by atoms with Crippen LogP contribution in [0.4, 0.5) is 4.79 Å². The van der Waals surface area contributed by atoms with Gasteiger partial charge < -0.3 is 14.2 Å². The smallest absolute Gasteiger partial charge is 0.327 e. The van der Waals surface area contributed by atoms with Gasteiger partial charge in [-0.1, -0.05) is 48.3 Å². The Kier molecular flexibility index (Phi) is 6.29. The monoisotopic (exact) mass is 460 g/mol. The lowest BCUT2D eigenvalue weighted by atomic mass is 9.81. The molecule has 1 aliphatic heterocycles. The molecule has 1 saturated heterocycles. The van der Waals surface area contributed by atoms with E-state index >= 15 is 0 Å². The molecule has 0 radical (unpaired) electrons. The lowest BCUT2D eigenvalue weighted by Gasteiger charge is -2.46. The summed E-state index contributed by atoms with van der Waals surface area (Å²) in [5.41, 5.74) is 1.90. The fourth-order valence-electron chi connectivity index (χ4n) is 4.86. The number of benzene rings is 2. The molecule has 5 rings (SSSR count). The van der Waals surface area contributed by atoms with Gasteiger partial charge in [0.25, 0.3) is 0 Å². The SMILES string of the molecule is CCN1C(=O)C2CCCCC2N(Cc2nc(-c3ccc(OCc4ccccc4)cc3)no2)C1=O. The highest BCUT2D eigenvalue weighted by atomic mass is 16.5. The first-order chi connectivity index (χ1) is 16.6. The molecule has 176 valence electrons. The third-order valence-electron chi connectivity index (χ3n) is 6.64. The van der Waals surface area contributed by atoms with Crippen molar-refractivity contribution in [3.8, 4) is 17.1 Å². The van der Waals surface area contributed by atoms with Crippen LogP contribution < -0.4 is 4.74 Å². The van der Waals surface area contributed by atoms with Gasteiger partial charge in [-0.05, 0) is 49.6 Å². The van der Waals surface area contributed by atoms with Gasteiger partial charge in [0.15, 0.2) is 0 Å². The van der Waals surface area contributed by atoms with Crippen LogP contribution >= 0.6 is 0 Å². The predicted molar refractivity (Wildman–Crippen MR) is 125 cm³/mol. The summed E-state index contributed by atoms with van der Waals surface area (Å²) >= 11 is 0. The first-order valence-corrected chi connectivity index (χ1v) is 11.9. The molecule has 1 aromatic heterocycles. The molecule has 1 saturated carbocycles. The number of amides is 3. The summed E-state index contributed by atoms with van der Waals surface area (Å²) in [7, 11) is 0. The average Bonchev–Trinajstić information content (AvgIpc) is 3.35. The second kappa shape index (κ2) is 9.67. The maximum atomic E-state index is 13.0. The number of fused-ring (bicyclic) bond motifs is 1. The van der Waals surface area contributed by atoms with Crippen LogP contribution in [0.25, 0.3) is 11.4 Å². The standard InChI is InChI=1S/C26H28N4O4/c1-2-29-25(31)21-10-6-7-11-22(21)30(26(29)32)16-23-27-24(28-34-23)19-12-14-20(15-13-19)33-17-18-8-4-3-5-9-18/h3-5,8-9,12-15,21-22H,2,6-7,10-11,16-17H2,1H3. The van der Waals surface area contributed by atoms with Crippen molar-refractivity contribution in [2.75, 3.05) is 6.54 Å². The average molecular weight is 461 g/mol. The molecule has 0 N–H and O–H groups in total. The number of hydrogen-bond donors (Lipinski definition) is 0. The quantitative estimate of drug-likeness (QED) is 0.510. The number of rotatable bonds is 7. The maximum absolute atomic E-state index is 13.0. The molecule has 3 aromatic rings. The van der Waals surface area contributed by atoms with E-state index < -0.39 is 0 Å². The highest BCUT2D eigenvalue weighted by Crippen LogP contribution is 2.35. The molecule has 2 aromatic carbocycles. The van der Waals surface area contributed by atoms with E-state index in [1.54, 1.807) is 4.90 Å². The Labute approximate surface area is 198 Å². The van der Waals surface area contributed by atoms with Crippen molar-refractivity contribution in [2.45, 2.75) is 51.8 Å². The van der Waals surface area contributed by atoms with Crippen LogP contribution in [0.15, 0.2) is 59.1 Å². The molecule has 2 aliphatic rings. The summed E-state index contributed by atoms with van der Waals surface area (Å²) in [5, 5.41) is 4.11. The second-order valence-corrected chi connectivity index (χ2v) is 8.76. The molecule has 2 unspecified atom stereocenters. The largest absolute Gasteiger partial charge is 0.489 e. The summed E-state index contributed by atoms with van der Waals surface area (Å²) in [5.74, 6) is 1.38. The zero-order valence-corrected chi connectivity index (χ0v) is 19.2. The van der Waals surface area contributed by atoms with Crippen molar-refractivity contribution in [1.82, 2.24) is 19.9 Å². The van der Waals surface area contributed by atoms with Gasteiger partial charge in [-0.3, -0.25) is 9.69 Å². The minimum absolute atomic E-state index is 0.0470. The Hall–Kier alpha value is -3.68. The topological polar surface area (TPSA) is 88.8 Å². The second-order valence-electron chi connectivity index (χ2n) is 8.76. The molecule has 0 spiro atoms. The third kappa shape index (κ3) is 4.40. The lowest BCUT2D eigenvalue weighted by Crippen LogP contribution is -2.61. The summed E-state index contributed by atoms with van der Waals surface area (Å²) < 4.78 is 11.3. The van der Waals surface area contributed by atoms with Crippen molar-refractivity contribution in [2.24, 2.45) is 5.92 Å². The van der Waals surface area contributed by atoms with Crippen molar-refractivity contribution in [1.29, 1.82) is 0 Å². The molecular weight excluding hydrogens is 432 g/mol. The van der Waals surface area contributed by atoms with Crippen LogP contribution in [0, 0.1) is 5.92 Å². The molecule has 3 amide bonds. The Morgan fingerprint density at radius 3 is 2.56 bits per heavy atom. The van der Waals surface area contributed by atoms with E-state index in [0.717, 1.165) is 42.6 Å². The lowest BCUT2D eigenvalue weighted by molar-refractivity contribution is -0.140. The molecule has 2 heterocycles. The third-order valence-corrected chi connectivity index (χ3v) is 6.64. The highest BCUT2D eigenvalue weighted by molar-refractivity contribution is 5.98. The zero-order valence-electron chi connectivity index (χ0n) is 19.2. The fourth-order valence-corrected chi connectivity index (χ4v) is 4.86. The molecule has 8 heteroatoms. The van der Waals surface area contributed by atoms with E-state index in [4.69, 9.17) is 9.26 Å². The summed E-state index contributed by atoms with van der Waals surface area (Å²) in [6.45, 7) is 2.89. The number of aromatic nitrogens is 2. The van der Waals surface area contributed by atoms with Crippen molar-refractivity contribution >= 4 is 11.9 Å². The molecule has 2 atom stereocenters. The van der Waals surface area contributed by atoms with Crippen molar-refractivity contribution < 1.29 is 18.8 Å². The molecule has 2 fully saturated rings. The van der Waals surface area contributed by atoms with E-state index in [9.17, 15) is 9.59 Å². The summed E-state index contributed by atoms with van der Waals surface area (Å²) in [4.78, 5) is 33.4. The number of hydrogen-bond acceptors (Lipinski definition) is 6. The fraction of sp³-hybridized carbons (Fsp3) is 0.385. The Morgan fingerprint density at radius 1 is 1.03 bits per heavy atom. The van der Waals surface area contributed by atoms with Crippen molar-refractivity contribution in [3.63, 3.8) is 0 Å². The first kappa shape index (κ1) is 22.1. The Balaban J connectivity index is 1.27. The number of imide groups is 1. The van der Waals surface area contributed by atoms with Crippen LogP contribution in [0.3, 0.4) is 0 Å². The summed E-state index contributed by atoms with van der Waals surface area (Å²) in [6, 6.07) is 17.1. The van der Waals surface area contributed by atoms with E-state index in [1.165, 1.54) is 4.90 Å². The molecule has 1 aliphatic carbocycles. The van der Waals surface area contributed by atoms with Gasteiger partial charge in [0.1, 0.15) is 18.9 Å². The Bertz CT molecular complexity index is 1150. The first-order valence-electron chi connectivity index (χ1n) is 11.9. The van der Waals surface area contributed by atoms with E-state index in [2.05, 4.69) is 10.1 Å². The zero-order chi connectivity index (χ0) is 23.5. The molecule has 8 nitrogen and oxygen atoms in total. The number of carbonyl (C=O) groups excluding carboxylic acids is 2. The van der Waals surface area contributed by atoms with Crippen LogP contribution in [-0.4, -0.2) is 44.5 Å². The van der Waals surface area contributed by atoms with Gasteiger partial charge in [0.05, 0.1) is 5.92 Å². The van der Waals surface area contributed by atoms with Crippen LogP contribution in [0.5, 0.6) is 5.75 Å². The van der Waals surface area contributed by atoms with Crippen LogP contribution in [0.1, 0.15) is 44.1 Å². The van der Waals surface area contributed by atoms with Gasteiger partial charge in [-0.2, -0.15) is 4.98 Å². The highest BCUT2D eigenvalue weighted by Gasteiger charge is 2.46. The minimum atomic E-state index is -0.268. The van der Waals surface area contributed by atoms with E-state index in [-0.39, 0.29) is 30.4 Å². The number of ether oxygens (including phenoxy) is 1.